The zero-order chi connectivity index (χ0) is 14.4. The van der Waals surface area contributed by atoms with Gasteiger partial charge in [-0.3, -0.25) is 0 Å². The van der Waals surface area contributed by atoms with Crippen LogP contribution in [0.4, 0.5) is 0 Å². The van der Waals surface area contributed by atoms with Crippen molar-refractivity contribution in [2.45, 2.75) is 38.1 Å². The molecule has 0 amide bonds. The van der Waals surface area contributed by atoms with Crippen molar-refractivity contribution in [3.63, 3.8) is 0 Å². The quantitative estimate of drug-likeness (QED) is 0.512. The van der Waals surface area contributed by atoms with Gasteiger partial charge in [0.2, 0.25) is 10.0 Å². The fraction of sp³-hybridized carbons (Fsp3) is 0.857. The highest BCUT2D eigenvalue weighted by molar-refractivity contribution is 7.89. The first-order chi connectivity index (χ1) is 9.62. The van der Waals surface area contributed by atoms with E-state index in [-0.39, 0.29) is 5.75 Å². The van der Waals surface area contributed by atoms with Gasteiger partial charge in [-0.2, -0.15) is 4.31 Å². The molecule has 1 saturated carbocycles. The maximum atomic E-state index is 12.2. The van der Waals surface area contributed by atoms with Gasteiger partial charge in [0, 0.05) is 26.2 Å². The van der Waals surface area contributed by atoms with Gasteiger partial charge in [-0.05, 0) is 44.2 Å². The summed E-state index contributed by atoms with van der Waals surface area (Å²) in [6.45, 7) is 2.65. The molecule has 0 atom stereocenters. The molecule has 0 spiro atoms. The lowest BCUT2D eigenvalue weighted by molar-refractivity contribution is 0.219. The van der Waals surface area contributed by atoms with Gasteiger partial charge in [0.25, 0.3) is 0 Å². The number of nitrogens with one attached hydrogen (secondary N) is 1. The first kappa shape index (κ1) is 15.9. The highest BCUT2D eigenvalue weighted by Gasteiger charge is 2.24. The number of sulfonamides is 1. The largest absolute Gasteiger partial charge is 0.380 e. The maximum absolute atomic E-state index is 12.2. The second-order valence-corrected chi connectivity index (χ2v) is 7.74. The number of unbranched alkanes of at least 4 members (excludes halogenated alkanes) is 1. The molecule has 0 aromatic carbocycles. The third kappa shape index (κ3) is 5.16. The van der Waals surface area contributed by atoms with Crippen LogP contribution in [-0.2, 0) is 14.8 Å². The van der Waals surface area contributed by atoms with Crippen molar-refractivity contribution < 1.29 is 13.2 Å². The van der Waals surface area contributed by atoms with E-state index in [4.69, 9.17) is 4.74 Å². The van der Waals surface area contributed by atoms with Crippen molar-refractivity contribution in [1.82, 2.24) is 9.62 Å². The van der Waals surface area contributed by atoms with Crippen LogP contribution in [-0.4, -0.2) is 57.9 Å². The van der Waals surface area contributed by atoms with E-state index in [2.05, 4.69) is 5.32 Å². The smallest absolute Gasteiger partial charge is 0.214 e. The second-order valence-electron chi connectivity index (χ2n) is 5.65. The highest BCUT2D eigenvalue weighted by Crippen LogP contribution is 2.18. The monoisotopic (exact) mass is 302 g/mol. The van der Waals surface area contributed by atoms with Crippen LogP contribution in [0, 0.1) is 0 Å². The molecular weight excluding hydrogens is 276 g/mol. The molecule has 0 saturated heterocycles. The summed E-state index contributed by atoms with van der Waals surface area (Å²) in [4.78, 5) is 0. The molecule has 1 aliphatic heterocycles. The summed E-state index contributed by atoms with van der Waals surface area (Å²) in [5.74, 6) is 0.271. The van der Waals surface area contributed by atoms with Crippen LogP contribution in [0.3, 0.4) is 0 Å². The molecule has 0 bridgehead atoms. The predicted octanol–water partition coefficient (Wildman–Crippen LogP) is 1.13. The van der Waals surface area contributed by atoms with E-state index in [0.29, 0.717) is 25.7 Å². The fourth-order valence-electron chi connectivity index (χ4n) is 2.39. The number of nitrogens with zero attached hydrogens (tertiary/aromatic N) is 1. The number of methoxy groups -OCH3 is 1. The lowest BCUT2D eigenvalue weighted by Crippen LogP contribution is -2.37. The van der Waals surface area contributed by atoms with Crippen molar-refractivity contribution in [2.75, 3.05) is 39.1 Å². The molecule has 1 fully saturated rings. The van der Waals surface area contributed by atoms with Crippen molar-refractivity contribution in [3.8, 4) is 0 Å². The van der Waals surface area contributed by atoms with E-state index in [1.165, 1.54) is 18.4 Å². The molecule has 2 rings (SSSR count). The lowest BCUT2D eigenvalue weighted by atomic mass is 10.1. The third-order valence-corrected chi connectivity index (χ3v) is 5.75. The summed E-state index contributed by atoms with van der Waals surface area (Å²) in [5, 5.41) is 3.41. The Morgan fingerprint density at radius 1 is 1.40 bits per heavy atom. The highest BCUT2D eigenvalue weighted by atomic mass is 32.2. The molecule has 1 aliphatic carbocycles. The van der Waals surface area contributed by atoms with Crippen molar-refractivity contribution in [3.05, 3.63) is 11.6 Å². The summed E-state index contributed by atoms with van der Waals surface area (Å²) in [6.07, 6.45) is 7.02. The second kappa shape index (κ2) is 7.54. The number of rotatable bonds is 9. The Balaban J connectivity index is 1.67. The summed E-state index contributed by atoms with van der Waals surface area (Å²) < 4.78 is 31.1. The predicted molar refractivity (Wildman–Crippen MR) is 80.2 cm³/mol. The molecule has 1 heterocycles. The Hall–Kier alpha value is -0.430. The van der Waals surface area contributed by atoms with Gasteiger partial charge < -0.3 is 10.1 Å². The maximum Gasteiger partial charge on any atom is 0.214 e. The van der Waals surface area contributed by atoms with E-state index < -0.39 is 10.0 Å². The SMILES string of the molecule is COCC1=CCN(S(=O)(=O)CCCCNC2CC2)CC1. The average molecular weight is 302 g/mol. The van der Waals surface area contributed by atoms with E-state index >= 15 is 0 Å². The van der Waals surface area contributed by atoms with Crippen LogP contribution in [0.15, 0.2) is 11.6 Å². The average Bonchev–Trinajstić information content (AvgIpc) is 3.23. The Kier molecular flexibility index (Phi) is 6.01. The summed E-state index contributed by atoms with van der Waals surface area (Å²) >= 11 is 0. The van der Waals surface area contributed by atoms with Crippen LogP contribution in [0.2, 0.25) is 0 Å². The van der Waals surface area contributed by atoms with Crippen molar-refractivity contribution in [1.29, 1.82) is 0 Å². The minimum Gasteiger partial charge on any atom is -0.380 e. The van der Waals surface area contributed by atoms with Gasteiger partial charge in [-0.15, -0.1) is 0 Å². The summed E-state index contributed by atoms with van der Waals surface area (Å²) in [7, 11) is -1.42. The minimum absolute atomic E-state index is 0.271. The van der Waals surface area contributed by atoms with Gasteiger partial charge >= 0.3 is 0 Å². The molecule has 5 nitrogen and oxygen atoms in total. The number of ether oxygens (including phenoxy) is 1. The molecule has 1 N–H and O–H groups in total. The van der Waals surface area contributed by atoms with Crippen molar-refractivity contribution >= 4 is 10.0 Å². The standard InChI is InChI=1S/C14H26N2O3S/c1-19-12-13-6-9-16(10-7-13)20(17,18)11-3-2-8-15-14-4-5-14/h6,14-15H,2-5,7-12H2,1H3. The zero-order valence-electron chi connectivity index (χ0n) is 12.3. The van der Waals surface area contributed by atoms with Crippen LogP contribution in [0.1, 0.15) is 32.1 Å². The van der Waals surface area contributed by atoms with Gasteiger partial charge in [-0.1, -0.05) is 6.08 Å². The normalized spacial score (nSPS) is 20.9. The Labute approximate surface area is 122 Å². The van der Waals surface area contributed by atoms with Gasteiger partial charge in [0.1, 0.15) is 0 Å². The molecule has 2 aliphatic rings. The third-order valence-electron chi connectivity index (χ3n) is 3.83. The molecular formula is C14H26N2O3S. The van der Waals surface area contributed by atoms with Gasteiger partial charge in [0.05, 0.1) is 12.4 Å². The van der Waals surface area contributed by atoms with Crippen LogP contribution in [0.5, 0.6) is 0 Å². The van der Waals surface area contributed by atoms with E-state index in [1.54, 1.807) is 11.4 Å². The number of hydrogen-bond donors (Lipinski definition) is 1. The molecule has 6 heteroatoms. The topological polar surface area (TPSA) is 58.6 Å². The molecule has 0 aromatic heterocycles. The van der Waals surface area contributed by atoms with Crippen molar-refractivity contribution in [2.24, 2.45) is 0 Å². The zero-order valence-corrected chi connectivity index (χ0v) is 13.1. The van der Waals surface area contributed by atoms with Crippen LogP contribution >= 0.6 is 0 Å². The molecule has 0 unspecified atom stereocenters. The Morgan fingerprint density at radius 3 is 2.80 bits per heavy atom. The minimum atomic E-state index is -3.09. The Morgan fingerprint density at radius 2 is 2.20 bits per heavy atom. The van der Waals surface area contributed by atoms with E-state index in [1.807, 2.05) is 6.08 Å². The Bertz CT molecular complexity index is 430. The van der Waals surface area contributed by atoms with E-state index in [0.717, 1.165) is 25.8 Å². The van der Waals surface area contributed by atoms with Crippen LogP contribution < -0.4 is 5.32 Å². The number of hydrogen-bond acceptors (Lipinski definition) is 4. The molecule has 116 valence electrons. The lowest BCUT2D eigenvalue weighted by Gasteiger charge is -2.25. The summed E-state index contributed by atoms with van der Waals surface area (Å²) in [6, 6.07) is 0.707. The first-order valence-electron chi connectivity index (χ1n) is 7.50. The molecule has 20 heavy (non-hydrogen) atoms. The van der Waals surface area contributed by atoms with Crippen LogP contribution in [0.25, 0.3) is 0 Å². The van der Waals surface area contributed by atoms with Gasteiger partial charge in [-0.25, -0.2) is 8.42 Å². The van der Waals surface area contributed by atoms with E-state index in [9.17, 15) is 8.42 Å². The molecule has 0 radical (unpaired) electrons. The first-order valence-corrected chi connectivity index (χ1v) is 9.11. The summed E-state index contributed by atoms with van der Waals surface area (Å²) in [5.41, 5.74) is 1.20. The fourth-order valence-corrected chi connectivity index (χ4v) is 3.89. The molecule has 0 aromatic rings. The van der Waals surface area contributed by atoms with Gasteiger partial charge in [0.15, 0.2) is 0 Å².